The fraction of sp³-hybridized carbons (Fsp3) is 0.421. The first-order valence-electron chi connectivity index (χ1n) is 8.84. The molecule has 0 aliphatic carbocycles. The van der Waals surface area contributed by atoms with Gasteiger partial charge in [0.1, 0.15) is 5.69 Å². The maximum Gasteiger partial charge on any atom is 0.278 e. The van der Waals surface area contributed by atoms with Crippen LogP contribution in [0.15, 0.2) is 30.5 Å². The van der Waals surface area contributed by atoms with Crippen molar-refractivity contribution in [1.82, 2.24) is 19.7 Å². The average Bonchev–Trinajstić information content (AvgIpc) is 3.23. The van der Waals surface area contributed by atoms with Gasteiger partial charge in [-0.2, -0.15) is 5.10 Å². The number of anilines is 1. The van der Waals surface area contributed by atoms with Crippen LogP contribution in [0.25, 0.3) is 10.2 Å². The normalized spacial score (nSPS) is 11.0. The number of hydrogen-bond donors (Lipinski definition) is 0. The van der Waals surface area contributed by atoms with E-state index in [0.29, 0.717) is 12.2 Å². The van der Waals surface area contributed by atoms with E-state index >= 15 is 0 Å². The molecule has 0 atom stereocenters. The fourth-order valence-corrected chi connectivity index (χ4v) is 3.98. The van der Waals surface area contributed by atoms with Crippen LogP contribution in [-0.4, -0.2) is 52.8 Å². The number of para-hydroxylation sites is 1. The molecule has 8 heteroatoms. The number of thiazole rings is 1. The van der Waals surface area contributed by atoms with Crippen molar-refractivity contribution in [3.63, 3.8) is 0 Å². The number of halogens is 1. The van der Waals surface area contributed by atoms with E-state index < -0.39 is 0 Å². The zero-order chi connectivity index (χ0) is 18.7. The molecule has 0 unspecified atom stereocenters. The molecule has 0 radical (unpaired) electrons. The third-order valence-electron chi connectivity index (χ3n) is 4.38. The highest BCUT2D eigenvalue weighted by atomic mass is 35.5. The molecule has 0 N–H and O–H groups in total. The number of nitrogens with zero attached hydrogens (tertiary/aromatic N) is 5. The largest absolute Gasteiger partial charge is 0.309 e. The van der Waals surface area contributed by atoms with Crippen LogP contribution in [0.5, 0.6) is 0 Å². The third-order valence-corrected chi connectivity index (χ3v) is 5.42. The smallest absolute Gasteiger partial charge is 0.278 e. The Hall–Kier alpha value is -1.96. The van der Waals surface area contributed by atoms with Crippen LogP contribution in [0.2, 0.25) is 0 Å². The molecule has 1 amide bonds. The van der Waals surface area contributed by atoms with E-state index in [9.17, 15) is 4.79 Å². The predicted octanol–water partition coefficient (Wildman–Crippen LogP) is 3.61. The molecule has 27 heavy (non-hydrogen) atoms. The number of hydrogen-bond acceptors (Lipinski definition) is 5. The zero-order valence-corrected chi connectivity index (χ0v) is 17.8. The van der Waals surface area contributed by atoms with Crippen LogP contribution in [-0.2, 0) is 13.5 Å². The topological polar surface area (TPSA) is 54.3 Å². The fourth-order valence-electron chi connectivity index (χ4n) is 2.95. The Morgan fingerprint density at radius 1 is 1.22 bits per heavy atom. The maximum absolute atomic E-state index is 13.2. The van der Waals surface area contributed by atoms with Crippen LogP contribution in [0.4, 0.5) is 5.13 Å². The monoisotopic (exact) mass is 407 g/mol. The van der Waals surface area contributed by atoms with Gasteiger partial charge in [0.25, 0.3) is 5.91 Å². The summed E-state index contributed by atoms with van der Waals surface area (Å²) in [5.74, 6) is -0.0548. The van der Waals surface area contributed by atoms with Crippen LogP contribution in [0, 0.1) is 0 Å². The standard InChI is InChI=1S/C19H25N5OS.ClH/c1-5-14-8-6-9-16-17(14)21-19(26-16)24(13-7-12-22(2)3)18(25)15-10-11-20-23(15)4;/h6,8-11H,5,7,12-13H2,1-4H3;1H. The number of rotatable bonds is 7. The highest BCUT2D eigenvalue weighted by Gasteiger charge is 2.23. The summed E-state index contributed by atoms with van der Waals surface area (Å²) in [7, 11) is 5.87. The second-order valence-electron chi connectivity index (χ2n) is 6.57. The van der Waals surface area contributed by atoms with Crippen LogP contribution >= 0.6 is 23.7 Å². The molecule has 2 heterocycles. The number of benzene rings is 1. The molecule has 0 fully saturated rings. The van der Waals surface area contributed by atoms with Crippen molar-refractivity contribution in [3.05, 3.63) is 41.7 Å². The molecular formula is C19H26ClN5OS. The highest BCUT2D eigenvalue weighted by Crippen LogP contribution is 2.32. The van der Waals surface area contributed by atoms with Gasteiger partial charge in [0.05, 0.1) is 10.2 Å². The van der Waals surface area contributed by atoms with Gasteiger partial charge in [-0.15, -0.1) is 12.4 Å². The lowest BCUT2D eigenvalue weighted by Crippen LogP contribution is -2.34. The number of carbonyl (C=O) groups is 1. The minimum Gasteiger partial charge on any atom is -0.309 e. The number of amides is 1. The van der Waals surface area contributed by atoms with Gasteiger partial charge in [-0.3, -0.25) is 14.4 Å². The lowest BCUT2D eigenvalue weighted by atomic mass is 10.1. The number of fused-ring (bicyclic) bond motifs is 1. The van der Waals surface area contributed by atoms with E-state index in [1.165, 1.54) is 5.56 Å². The number of carbonyl (C=O) groups excluding carboxylic acids is 1. The molecule has 0 saturated heterocycles. The van der Waals surface area contributed by atoms with Crippen molar-refractivity contribution < 1.29 is 4.79 Å². The van der Waals surface area contributed by atoms with E-state index in [0.717, 1.165) is 34.7 Å². The van der Waals surface area contributed by atoms with Crippen LogP contribution in [0.3, 0.4) is 0 Å². The Morgan fingerprint density at radius 2 is 2.00 bits per heavy atom. The van der Waals surface area contributed by atoms with Gasteiger partial charge < -0.3 is 4.90 Å². The molecule has 3 aromatic rings. The summed E-state index contributed by atoms with van der Waals surface area (Å²) in [5, 5.41) is 4.89. The Kier molecular flexibility index (Phi) is 7.35. The Labute approximate surface area is 170 Å². The molecule has 3 rings (SSSR count). The molecule has 6 nitrogen and oxygen atoms in total. The Bertz CT molecular complexity index is 905. The van der Waals surface area contributed by atoms with Gasteiger partial charge in [-0.05, 0) is 51.2 Å². The van der Waals surface area contributed by atoms with Crippen molar-refractivity contribution >= 4 is 45.0 Å². The first-order chi connectivity index (χ1) is 12.5. The Balaban J connectivity index is 0.00000261. The molecule has 0 bridgehead atoms. The van der Waals surface area contributed by atoms with E-state index in [-0.39, 0.29) is 18.3 Å². The lowest BCUT2D eigenvalue weighted by molar-refractivity contribution is 0.0977. The number of aromatic nitrogens is 3. The molecule has 2 aromatic heterocycles. The summed E-state index contributed by atoms with van der Waals surface area (Å²) in [6, 6.07) is 7.99. The molecule has 0 aliphatic heterocycles. The van der Waals surface area contributed by atoms with Crippen LogP contribution < -0.4 is 4.90 Å². The summed E-state index contributed by atoms with van der Waals surface area (Å²) in [6.45, 7) is 3.67. The maximum atomic E-state index is 13.2. The summed E-state index contributed by atoms with van der Waals surface area (Å²) < 4.78 is 2.74. The second kappa shape index (κ2) is 9.30. The van der Waals surface area contributed by atoms with E-state index in [2.05, 4.69) is 35.1 Å². The van der Waals surface area contributed by atoms with Gasteiger partial charge in [0.2, 0.25) is 0 Å². The molecule has 0 spiro atoms. The lowest BCUT2D eigenvalue weighted by Gasteiger charge is -2.21. The molecule has 0 aliphatic rings. The predicted molar refractivity (Wildman–Crippen MR) is 114 cm³/mol. The van der Waals surface area contributed by atoms with Crippen molar-refractivity contribution in [2.75, 3.05) is 32.1 Å². The van der Waals surface area contributed by atoms with Gasteiger partial charge >= 0.3 is 0 Å². The summed E-state index contributed by atoms with van der Waals surface area (Å²) in [6.07, 6.45) is 3.46. The summed E-state index contributed by atoms with van der Waals surface area (Å²) >= 11 is 1.58. The van der Waals surface area contributed by atoms with E-state index in [1.807, 2.05) is 14.1 Å². The molecular weight excluding hydrogens is 382 g/mol. The second-order valence-corrected chi connectivity index (χ2v) is 7.58. The van der Waals surface area contributed by atoms with Crippen molar-refractivity contribution in [2.45, 2.75) is 19.8 Å². The van der Waals surface area contributed by atoms with Gasteiger partial charge in [-0.25, -0.2) is 4.98 Å². The molecule has 0 saturated carbocycles. The third kappa shape index (κ3) is 4.66. The minimum atomic E-state index is -0.0548. The van der Waals surface area contributed by atoms with Crippen molar-refractivity contribution in [1.29, 1.82) is 0 Å². The van der Waals surface area contributed by atoms with Crippen LogP contribution in [0.1, 0.15) is 29.4 Å². The SMILES string of the molecule is CCc1cccc2sc(N(CCCN(C)C)C(=O)c3ccnn3C)nc12.Cl. The quantitative estimate of drug-likeness (QED) is 0.600. The first kappa shape index (κ1) is 21.3. The average molecular weight is 408 g/mol. The van der Waals surface area contributed by atoms with Gasteiger partial charge in [-0.1, -0.05) is 30.4 Å². The molecule has 146 valence electrons. The first-order valence-corrected chi connectivity index (χ1v) is 9.66. The molecule has 1 aromatic carbocycles. The Morgan fingerprint density at radius 3 is 2.63 bits per heavy atom. The van der Waals surface area contributed by atoms with E-state index in [4.69, 9.17) is 4.98 Å². The zero-order valence-electron chi connectivity index (χ0n) is 16.2. The van der Waals surface area contributed by atoms with Gasteiger partial charge in [0.15, 0.2) is 5.13 Å². The summed E-state index contributed by atoms with van der Waals surface area (Å²) in [5.41, 5.74) is 2.79. The highest BCUT2D eigenvalue weighted by molar-refractivity contribution is 7.22. The van der Waals surface area contributed by atoms with Gasteiger partial charge in [0, 0.05) is 19.8 Å². The van der Waals surface area contributed by atoms with Crippen molar-refractivity contribution in [2.24, 2.45) is 7.05 Å². The number of aryl methyl sites for hydroxylation is 2. The summed E-state index contributed by atoms with van der Waals surface area (Å²) in [4.78, 5) is 21.9. The van der Waals surface area contributed by atoms with E-state index in [1.54, 1.807) is 40.2 Å². The van der Waals surface area contributed by atoms with Crippen molar-refractivity contribution in [3.8, 4) is 0 Å². The minimum absolute atomic E-state index is 0.